The minimum atomic E-state index is -0.853. The third kappa shape index (κ3) is 3.47. The molecule has 158 valence electrons. The number of Topliss-reactive ketones (excluding diaryl/α,β-unsaturated/α-hetero) is 1. The highest BCUT2D eigenvalue weighted by molar-refractivity contribution is 7.10. The number of thiophene rings is 1. The van der Waals surface area contributed by atoms with Crippen molar-refractivity contribution in [3.05, 3.63) is 81.1 Å². The summed E-state index contributed by atoms with van der Waals surface area (Å²) < 4.78 is 5.22. The maximum absolute atomic E-state index is 13.1. The number of nitrogens with zero attached hydrogens (tertiary/aromatic N) is 1. The van der Waals surface area contributed by atoms with E-state index in [2.05, 4.69) is 0 Å². The van der Waals surface area contributed by atoms with Gasteiger partial charge in [-0.25, -0.2) is 0 Å². The summed E-state index contributed by atoms with van der Waals surface area (Å²) in [7, 11) is 1.55. The standard InChI is InChI=1S/C24H21NO5S/c1-13-6-9-18(26)17(11-13)25-21(19-5-4-10-31-19)20(23(28)24(25)29)22(27)16-8-7-15(30-3)12-14(16)2/h4-12,21,26-27H,1-3H3/b22-20-. The molecule has 1 atom stereocenters. The molecule has 2 aromatic carbocycles. The van der Waals surface area contributed by atoms with Crippen LogP contribution in [0.25, 0.3) is 5.76 Å². The summed E-state index contributed by atoms with van der Waals surface area (Å²) in [5.41, 5.74) is 2.18. The Morgan fingerprint density at radius 3 is 2.52 bits per heavy atom. The first-order chi connectivity index (χ1) is 14.8. The molecule has 1 aliphatic rings. The van der Waals surface area contributed by atoms with Crippen molar-refractivity contribution in [2.45, 2.75) is 19.9 Å². The molecule has 7 heteroatoms. The lowest BCUT2D eigenvalue weighted by Crippen LogP contribution is -2.29. The van der Waals surface area contributed by atoms with Gasteiger partial charge in [-0.15, -0.1) is 11.3 Å². The second-order valence-electron chi connectivity index (χ2n) is 7.36. The molecule has 4 rings (SSSR count). The van der Waals surface area contributed by atoms with Crippen molar-refractivity contribution in [1.82, 2.24) is 0 Å². The van der Waals surface area contributed by atoms with Crippen molar-refractivity contribution in [2.75, 3.05) is 12.0 Å². The lowest BCUT2D eigenvalue weighted by Gasteiger charge is -2.25. The molecular formula is C24H21NO5S. The number of benzene rings is 2. The number of aromatic hydroxyl groups is 1. The lowest BCUT2D eigenvalue weighted by molar-refractivity contribution is -0.132. The third-order valence-corrected chi connectivity index (χ3v) is 6.26. The monoisotopic (exact) mass is 435 g/mol. The summed E-state index contributed by atoms with van der Waals surface area (Å²) in [5, 5.41) is 23.5. The van der Waals surface area contributed by atoms with Gasteiger partial charge in [-0.3, -0.25) is 14.5 Å². The van der Waals surface area contributed by atoms with Crippen molar-refractivity contribution in [1.29, 1.82) is 0 Å². The zero-order chi connectivity index (χ0) is 22.3. The van der Waals surface area contributed by atoms with Gasteiger partial charge in [0.2, 0.25) is 0 Å². The van der Waals surface area contributed by atoms with Crippen molar-refractivity contribution in [2.24, 2.45) is 0 Å². The fourth-order valence-electron chi connectivity index (χ4n) is 3.80. The highest BCUT2D eigenvalue weighted by Gasteiger charge is 2.48. The third-order valence-electron chi connectivity index (χ3n) is 5.34. The first kappa shape index (κ1) is 20.7. The molecule has 1 amide bonds. The van der Waals surface area contributed by atoms with Crippen LogP contribution < -0.4 is 9.64 Å². The van der Waals surface area contributed by atoms with Crippen molar-refractivity contribution >= 4 is 34.5 Å². The van der Waals surface area contributed by atoms with Gasteiger partial charge < -0.3 is 14.9 Å². The number of amides is 1. The minimum absolute atomic E-state index is 0.0124. The van der Waals surface area contributed by atoms with E-state index in [0.717, 1.165) is 5.56 Å². The zero-order valence-electron chi connectivity index (χ0n) is 17.2. The van der Waals surface area contributed by atoms with E-state index in [9.17, 15) is 19.8 Å². The van der Waals surface area contributed by atoms with Gasteiger partial charge in [0.25, 0.3) is 11.7 Å². The molecule has 0 radical (unpaired) electrons. The summed E-state index contributed by atoms with van der Waals surface area (Å²) in [6.45, 7) is 3.63. The van der Waals surface area contributed by atoms with Crippen LogP contribution in [0, 0.1) is 13.8 Å². The molecule has 1 saturated heterocycles. The van der Waals surface area contributed by atoms with Crippen molar-refractivity contribution in [3.63, 3.8) is 0 Å². The topological polar surface area (TPSA) is 87.1 Å². The number of carbonyl (C=O) groups is 2. The second kappa shape index (κ2) is 7.92. The van der Waals surface area contributed by atoms with E-state index in [4.69, 9.17) is 4.74 Å². The predicted octanol–water partition coefficient (Wildman–Crippen LogP) is 4.71. The Bertz CT molecular complexity index is 1210. The van der Waals surface area contributed by atoms with E-state index in [1.54, 1.807) is 50.4 Å². The molecule has 1 aliphatic heterocycles. The maximum Gasteiger partial charge on any atom is 0.300 e. The minimum Gasteiger partial charge on any atom is -0.507 e. The number of anilines is 1. The average Bonchev–Trinajstić information content (AvgIpc) is 3.36. The Morgan fingerprint density at radius 1 is 1.10 bits per heavy atom. The number of phenols is 1. The van der Waals surface area contributed by atoms with Crippen LogP contribution in [0.4, 0.5) is 5.69 Å². The van der Waals surface area contributed by atoms with Gasteiger partial charge in [0.05, 0.1) is 18.4 Å². The molecule has 2 heterocycles. The van der Waals surface area contributed by atoms with E-state index in [1.165, 1.54) is 22.3 Å². The molecule has 6 nitrogen and oxygen atoms in total. The van der Waals surface area contributed by atoms with Crippen LogP contribution >= 0.6 is 11.3 Å². The van der Waals surface area contributed by atoms with Gasteiger partial charge in [-0.1, -0.05) is 12.1 Å². The smallest absolute Gasteiger partial charge is 0.300 e. The lowest BCUT2D eigenvalue weighted by atomic mass is 9.97. The van der Waals surface area contributed by atoms with Crippen LogP contribution in [0.15, 0.2) is 59.5 Å². The number of rotatable bonds is 4. The van der Waals surface area contributed by atoms with Gasteiger partial charge in [0.1, 0.15) is 23.3 Å². The summed E-state index contributed by atoms with van der Waals surface area (Å²) in [5.74, 6) is -1.35. The van der Waals surface area contributed by atoms with Crippen LogP contribution in [0.3, 0.4) is 0 Å². The summed E-state index contributed by atoms with van der Waals surface area (Å²) >= 11 is 1.37. The van der Waals surface area contributed by atoms with Crippen LogP contribution in [-0.4, -0.2) is 29.0 Å². The maximum atomic E-state index is 13.1. The summed E-state index contributed by atoms with van der Waals surface area (Å²) in [6, 6.07) is 12.7. The highest BCUT2D eigenvalue weighted by Crippen LogP contribution is 2.46. The SMILES string of the molecule is COc1ccc(/C(O)=C2/C(=O)C(=O)N(c3cc(C)ccc3O)C2c2cccs2)c(C)c1. The fraction of sp³-hybridized carbons (Fsp3) is 0.167. The number of aliphatic hydroxyl groups excluding tert-OH is 1. The predicted molar refractivity (Wildman–Crippen MR) is 120 cm³/mol. The number of methoxy groups -OCH3 is 1. The van der Waals surface area contributed by atoms with Gasteiger partial charge in [-0.05, 0) is 66.8 Å². The molecule has 2 N–H and O–H groups in total. The molecule has 1 aromatic heterocycles. The quantitative estimate of drug-likeness (QED) is 0.352. The molecule has 0 saturated carbocycles. The van der Waals surface area contributed by atoms with E-state index in [-0.39, 0.29) is 22.8 Å². The fourth-order valence-corrected chi connectivity index (χ4v) is 4.62. The zero-order valence-corrected chi connectivity index (χ0v) is 18.1. The molecule has 0 spiro atoms. The normalized spacial score (nSPS) is 17.9. The molecule has 31 heavy (non-hydrogen) atoms. The Hall–Kier alpha value is -3.58. The largest absolute Gasteiger partial charge is 0.507 e. The number of aliphatic hydroxyl groups is 1. The van der Waals surface area contributed by atoms with Crippen molar-refractivity contribution in [3.8, 4) is 11.5 Å². The Balaban J connectivity index is 1.95. The van der Waals surface area contributed by atoms with E-state index < -0.39 is 17.7 Å². The van der Waals surface area contributed by atoms with Gasteiger partial charge in [-0.2, -0.15) is 0 Å². The number of aryl methyl sites for hydroxylation is 2. The Morgan fingerprint density at radius 2 is 1.87 bits per heavy atom. The molecule has 1 unspecified atom stereocenters. The van der Waals surface area contributed by atoms with Gasteiger partial charge in [0.15, 0.2) is 0 Å². The number of carbonyl (C=O) groups excluding carboxylic acids is 2. The van der Waals surface area contributed by atoms with Crippen molar-refractivity contribution < 1.29 is 24.5 Å². The molecule has 0 aliphatic carbocycles. The number of ketones is 1. The molecule has 1 fully saturated rings. The van der Waals surface area contributed by atoms with E-state index in [1.807, 2.05) is 18.4 Å². The molecule has 0 bridgehead atoms. The first-order valence-electron chi connectivity index (χ1n) is 9.62. The van der Waals surface area contributed by atoms with Gasteiger partial charge >= 0.3 is 0 Å². The highest BCUT2D eigenvalue weighted by atomic mass is 32.1. The summed E-state index contributed by atoms with van der Waals surface area (Å²) in [4.78, 5) is 28.2. The number of phenolic OH excluding ortho intramolecular Hbond substituents is 1. The second-order valence-corrected chi connectivity index (χ2v) is 8.34. The van der Waals surface area contributed by atoms with Crippen LogP contribution in [0.2, 0.25) is 0 Å². The number of ether oxygens (including phenoxy) is 1. The number of hydrogen-bond acceptors (Lipinski definition) is 6. The van der Waals surface area contributed by atoms with Crippen LogP contribution in [0.1, 0.15) is 27.6 Å². The van der Waals surface area contributed by atoms with Gasteiger partial charge in [0, 0.05) is 10.4 Å². The van der Waals surface area contributed by atoms with E-state index in [0.29, 0.717) is 21.8 Å². The average molecular weight is 436 g/mol. The Kier molecular flexibility index (Phi) is 5.29. The molecular weight excluding hydrogens is 414 g/mol. The number of hydrogen-bond donors (Lipinski definition) is 2. The summed E-state index contributed by atoms with van der Waals surface area (Å²) in [6.07, 6.45) is 0. The first-order valence-corrected chi connectivity index (χ1v) is 10.5. The van der Waals surface area contributed by atoms with Crippen LogP contribution in [0.5, 0.6) is 11.5 Å². The van der Waals surface area contributed by atoms with E-state index >= 15 is 0 Å². The Labute approximate surface area is 183 Å². The van der Waals surface area contributed by atoms with Crippen LogP contribution in [-0.2, 0) is 9.59 Å². The molecule has 3 aromatic rings.